The molecule has 2 aliphatic rings. The van der Waals surface area contributed by atoms with Crippen LogP contribution in [-0.2, 0) is 16.1 Å². The van der Waals surface area contributed by atoms with E-state index in [0.29, 0.717) is 25.6 Å². The smallest absolute Gasteiger partial charge is 0.230 e. The molecule has 0 saturated carbocycles. The van der Waals surface area contributed by atoms with Gasteiger partial charge < -0.3 is 14.8 Å². The number of amides is 1. The Morgan fingerprint density at radius 3 is 3.17 bits per heavy atom. The van der Waals surface area contributed by atoms with Gasteiger partial charge in [-0.1, -0.05) is 6.07 Å². The molecule has 0 aromatic carbocycles. The Kier molecular flexibility index (Phi) is 4.55. The quantitative estimate of drug-likeness (QED) is 0.879. The van der Waals surface area contributed by atoms with Crippen molar-refractivity contribution in [1.82, 2.24) is 15.2 Å². The van der Waals surface area contributed by atoms with E-state index in [4.69, 9.17) is 9.47 Å². The molecular formula is C17H25N3O3. The average molecular weight is 319 g/mol. The summed E-state index contributed by atoms with van der Waals surface area (Å²) >= 11 is 0. The van der Waals surface area contributed by atoms with Gasteiger partial charge in [-0.25, -0.2) is 4.98 Å². The number of ether oxygens (including phenoxy) is 2. The Morgan fingerprint density at radius 2 is 2.43 bits per heavy atom. The van der Waals surface area contributed by atoms with Crippen molar-refractivity contribution in [3.05, 3.63) is 23.9 Å². The third-order valence-electron chi connectivity index (χ3n) is 4.75. The molecule has 1 aromatic rings. The number of fused-ring (bicyclic) bond motifs is 1. The molecule has 0 radical (unpaired) electrons. The van der Waals surface area contributed by atoms with E-state index in [0.717, 1.165) is 18.7 Å². The molecule has 1 aromatic heterocycles. The van der Waals surface area contributed by atoms with Gasteiger partial charge >= 0.3 is 0 Å². The summed E-state index contributed by atoms with van der Waals surface area (Å²) in [5, 5.41) is 3.07. The first-order valence-corrected chi connectivity index (χ1v) is 8.14. The first kappa shape index (κ1) is 16.2. The molecule has 3 rings (SSSR count). The highest BCUT2D eigenvalue weighted by Crippen LogP contribution is 2.42. The molecule has 0 unspecified atom stereocenters. The van der Waals surface area contributed by atoms with Crippen LogP contribution in [0, 0.1) is 11.3 Å². The summed E-state index contributed by atoms with van der Waals surface area (Å²) in [5.41, 5.74) is 0.634. The minimum Gasteiger partial charge on any atom is -0.481 e. The van der Waals surface area contributed by atoms with Gasteiger partial charge in [0.25, 0.3) is 0 Å². The van der Waals surface area contributed by atoms with E-state index in [1.165, 1.54) is 0 Å². The zero-order valence-corrected chi connectivity index (χ0v) is 14.0. The molecule has 2 saturated heterocycles. The van der Waals surface area contributed by atoms with Gasteiger partial charge in [-0.2, -0.15) is 0 Å². The van der Waals surface area contributed by atoms with E-state index in [1.54, 1.807) is 13.3 Å². The summed E-state index contributed by atoms with van der Waals surface area (Å²) in [6.07, 6.45) is 1.73. The van der Waals surface area contributed by atoms with Crippen molar-refractivity contribution in [2.75, 3.05) is 33.4 Å². The second kappa shape index (κ2) is 6.45. The van der Waals surface area contributed by atoms with Crippen molar-refractivity contribution in [3.8, 4) is 5.88 Å². The molecule has 6 nitrogen and oxygen atoms in total. The number of carbonyl (C=O) groups excluding carboxylic acids is 1. The Balaban J connectivity index is 1.74. The second-order valence-electron chi connectivity index (χ2n) is 6.84. The summed E-state index contributed by atoms with van der Waals surface area (Å²) in [6.45, 7) is 7.48. The number of hydrogen-bond donors (Lipinski definition) is 1. The van der Waals surface area contributed by atoms with Crippen LogP contribution in [0.3, 0.4) is 0 Å². The molecule has 6 heteroatoms. The van der Waals surface area contributed by atoms with E-state index in [1.807, 2.05) is 26.0 Å². The molecular weight excluding hydrogens is 294 g/mol. The summed E-state index contributed by atoms with van der Waals surface area (Å²) in [6, 6.07) is 4.08. The standard InChI is InChI=1S/C17H25N3O3/c1-12(2)19-16(21)17-10-20(8-14(17)9-23-11-17)7-13-5-4-6-18-15(13)22-3/h4-6,12,14H,7-11H2,1-3H3,(H,19,21)/t14-,17-/m1/s1. The normalized spacial score (nSPS) is 27.2. The van der Waals surface area contributed by atoms with Crippen LogP contribution >= 0.6 is 0 Å². The number of carbonyl (C=O) groups is 1. The first-order chi connectivity index (χ1) is 11.0. The van der Waals surface area contributed by atoms with Gasteiger partial charge in [0.05, 0.1) is 25.7 Å². The second-order valence-corrected chi connectivity index (χ2v) is 6.84. The van der Waals surface area contributed by atoms with E-state index in [9.17, 15) is 4.79 Å². The van der Waals surface area contributed by atoms with Crippen LogP contribution in [0.1, 0.15) is 19.4 Å². The Morgan fingerprint density at radius 1 is 1.61 bits per heavy atom. The number of hydrogen-bond acceptors (Lipinski definition) is 5. The van der Waals surface area contributed by atoms with Gasteiger partial charge in [0.15, 0.2) is 0 Å². The van der Waals surface area contributed by atoms with Gasteiger partial charge in [-0.3, -0.25) is 9.69 Å². The number of nitrogens with zero attached hydrogens (tertiary/aromatic N) is 2. The lowest BCUT2D eigenvalue weighted by Crippen LogP contribution is -2.48. The Labute approximate surface area is 137 Å². The molecule has 3 heterocycles. The lowest BCUT2D eigenvalue weighted by atomic mass is 9.80. The van der Waals surface area contributed by atoms with Crippen LogP contribution in [-0.4, -0.2) is 55.2 Å². The average Bonchev–Trinajstić information content (AvgIpc) is 3.05. The maximum atomic E-state index is 12.7. The zero-order chi connectivity index (χ0) is 16.4. The molecule has 23 heavy (non-hydrogen) atoms. The highest BCUT2D eigenvalue weighted by molar-refractivity contribution is 5.84. The number of methoxy groups -OCH3 is 1. The van der Waals surface area contributed by atoms with E-state index < -0.39 is 5.41 Å². The first-order valence-electron chi connectivity index (χ1n) is 8.14. The summed E-state index contributed by atoms with van der Waals surface area (Å²) in [5.74, 6) is 1.03. The highest BCUT2D eigenvalue weighted by atomic mass is 16.5. The monoisotopic (exact) mass is 319 g/mol. The van der Waals surface area contributed by atoms with E-state index >= 15 is 0 Å². The Bertz CT molecular complexity index is 578. The van der Waals surface area contributed by atoms with E-state index in [-0.39, 0.29) is 17.9 Å². The van der Waals surface area contributed by atoms with Crippen LogP contribution < -0.4 is 10.1 Å². The lowest BCUT2D eigenvalue weighted by molar-refractivity contribution is -0.132. The SMILES string of the molecule is COc1ncccc1CN1C[C@@H]2COC[C@]2(C(=O)NC(C)C)C1. The van der Waals surface area contributed by atoms with Crippen molar-refractivity contribution in [2.24, 2.45) is 11.3 Å². The van der Waals surface area contributed by atoms with Crippen molar-refractivity contribution in [1.29, 1.82) is 0 Å². The van der Waals surface area contributed by atoms with Crippen LogP contribution in [0.5, 0.6) is 5.88 Å². The van der Waals surface area contributed by atoms with E-state index in [2.05, 4.69) is 15.2 Å². The Hall–Kier alpha value is -1.66. The van der Waals surface area contributed by atoms with Crippen molar-refractivity contribution in [3.63, 3.8) is 0 Å². The van der Waals surface area contributed by atoms with Gasteiger partial charge in [0, 0.05) is 43.4 Å². The summed E-state index contributed by atoms with van der Waals surface area (Å²) < 4.78 is 11.0. The number of pyridine rings is 1. The molecule has 0 bridgehead atoms. The van der Waals surface area contributed by atoms with Crippen LogP contribution in [0.25, 0.3) is 0 Å². The predicted molar refractivity (Wildman–Crippen MR) is 86.1 cm³/mol. The summed E-state index contributed by atoms with van der Waals surface area (Å²) in [4.78, 5) is 19.3. The summed E-state index contributed by atoms with van der Waals surface area (Å²) in [7, 11) is 1.63. The fourth-order valence-electron chi connectivity index (χ4n) is 3.66. The van der Waals surface area contributed by atoms with Crippen LogP contribution in [0.15, 0.2) is 18.3 Å². The molecule has 0 spiro atoms. The highest BCUT2D eigenvalue weighted by Gasteiger charge is 2.55. The van der Waals surface area contributed by atoms with Crippen molar-refractivity contribution in [2.45, 2.75) is 26.4 Å². The largest absolute Gasteiger partial charge is 0.481 e. The van der Waals surface area contributed by atoms with Gasteiger partial charge in [-0.05, 0) is 19.9 Å². The predicted octanol–water partition coefficient (Wildman–Crippen LogP) is 1.06. The van der Waals surface area contributed by atoms with Gasteiger partial charge in [0.2, 0.25) is 11.8 Å². The fourth-order valence-corrected chi connectivity index (χ4v) is 3.66. The minimum absolute atomic E-state index is 0.121. The van der Waals surface area contributed by atoms with Gasteiger partial charge in [0.1, 0.15) is 0 Å². The lowest BCUT2D eigenvalue weighted by Gasteiger charge is -2.27. The van der Waals surface area contributed by atoms with Crippen LogP contribution in [0.4, 0.5) is 0 Å². The maximum Gasteiger partial charge on any atom is 0.230 e. The number of aromatic nitrogens is 1. The van der Waals surface area contributed by atoms with Crippen molar-refractivity contribution < 1.29 is 14.3 Å². The molecule has 0 aliphatic carbocycles. The molecule has 2 aliphatic heterocycles. The van der Waals surface area contributed by atoms with Crippen LogP contribution in [0.2, 0.25) is 0 Å². The topological polar surface area (TPSA) is 63.7 Å². The van der Waals surface area contributed by atoms with Crippen molar-refractivity contribution >= 4 is 5.91 Å². The molecule has 2 fully saturated rings. The van der Waals surface area contributed by atoms with Gasteiger partial charge in [-0.15, -0.1) is 0 Å². The zero-order valence-electron chi connectivity index (χ0n) is 14.0. The fraction of sp³-hybridized carbons (Fsp3) is 0.647. The molecule has 1 amide bonds. The third-order valence-corrected chi connectivity index (χ3v) is 4.75. The number of rotatable bonds is 5. The number of likely N-dealkylation sites (tertiary alicyclic amines) is 1. The maximum absolute atomic E-state index is 12.7. The molecule has 2 atom stereocenters. The number of nitrogens with one attached hydrogen (secondary N) is 1. The molecule has 126 valence electrons. The third kappa shape index (κ3) is 3.05. The minimum atomic E-state index is -0.417. The molecule has 1 N–H and O–H groups in total.